The second-order valence-electron chi connectivity index (χ2n) is 7.17. The minimum absolute atomic E-state index is 0.104. The minimum atomic E-state index is -0.758. The van der Waals surface area contributed by atoms with Crippen molar-refractivity contribution in [3.05, 3.63) is 36.4 Å². The fourth-order valence-corrected chi connectivity index (χ4v) is 4.34. The Morgan fingerprint density at radius 2 is 2.00 bits per heavy atom. The molecule has 3 heterocycles. The Bertz CT molecular complexity index is 790. The van der Waals surface area contributed by atoms with Crippen LogP contribution >= 0.6 is 0 Å². The molecular weight excluding hydrogens is 364 g/mol. The molecule has 0 radical (unpaired) electrons. The smallest absolute Gasteiger partial charge is 0.234 e. The lowest BCUT2D eigenvalue weighted by Crippen LogP contribution is -2.46. The third kappa shape index (κ3) is 2.88. The van der Waals surface area contributed by atoms with Gasteiger partial charge in [-0.25, -0.2) is 0 Å². The highest BCUT2D eigenvalue weighted by atomic mass is 16.7. The van der Waals surface area contributed by atoms with Crippen LogP contribution in [0.3, 0.4) is 0 Å². The summed E-state index contributed by atoms with van der Waals surface area (Å²) in [6.45, 7) is 0.591. The molecule has 2 unspecified atom stereocenters. The minimum Gasteiger partial charge on any atom is -0.497 e. The van der Waals surface area contributed by atoms with Gasteiger partial charge in [-0.2, -0.15) is 0 Å². The quantitative estimate of drug-likeness (QED) is 0.547. The van der Waals surface area contributed by atoms with Gasteiger partial charge in [-0.1, -0.05) is 12.2 Å². The van der Waals surface area contributed by atoms with Crippen LogP contribution in [0.1, 0.15) is 0 Å². The van der Waals surface area contributed by atoms with Gasteiger partial charge in [-0.15, -0.1) is 0 Å². The summed E-state index contributed by atoms with van der Waals surface area (Å²) in [5.41, 5.74) is -0.000915. The van der Waals surface area contributed by atoms with Crippen molar-refractivity contribution in [2.75, 3.05) is 39.3 Å². The molecule has 2 fully saturated rings. The number of ether oxygens (including phenoxy) is 4. The molecule has 2 bridgehead atoms. The molecule has 1 aromatic rings. The van der Waals surface area contributed by atoms with Crippen LogP contribution in [0.5, 0.6) is 5.75 Å². The van der Waals surface area contributed by atoms with Gasteiger partial charge >= 0.3 is 0 Å². The molecule has 28 heavy (non-hydrogen) atoms. The largest absolute Gasteiger partial charge is 0.497 e. The zero-order valence-corrected chi connectivity index (χ0v) is 16.1. The van der Waals surface area contributed by atoms with Gasteiger partial charge in [0.2, 0.25) is 11.8 Å². The summed E-state index contributed by atoms with van der Waals surface area (Å²) in [7, 11) is 4.61. The molecule has 0 saturated carbocycles. The highest BCUT2D eigenvalue weighted by Gasteiger charge is 2.67. The SMILES string of the molecule is COc1ccc(N2C[C@@]34C=C[C@@H](O3)C(C(=O)NCC(OC)OC)C4C2=O)cc1. The number of anilines is 1. The summed E-state index contributed by atoms with van der Waals surface area (Å²) in [4.78, 5) is 27.8. The van der Waals surface area contributed by atoms with Gasteiger partial charge in [0.15, 0.2) is 6.29 Å². The van der Waals surface area contributed by atoms with E-state index < -0.39 is 29.8 Å². The van der Waals surface area contributed by atoms with Crippen LogP contribution in [0.2, 0.25) is 0 Å². The first kappa shape index (κ1) is 18.9. The molecule has 8 nitrogen and oxygen atoms in total. The Hall–Kier alpha value is -2.42. The molecule has 150 valence electrons. The number of fused-ring (bicyclic) bond motifs is 1. The molecule has 3 aliphatic rings. The zero-order valence-electron chi connectivity index (χ0n) is 16.1. The van der Waals surface area contributed by atoms with Crippen molar-refractivity contribution in [1.82, 2.24) is 5.32 Å². The molecule has 1 spiro atoms. The van der Waals surface area contributed by atoms with Crippen LogP contribution in [0.25, 0.3) is 0 Å². The second kappa shape index (κ2) is 7.20. The number of hydrogen-bond acceptors (Lipinski definition) is 6. The lowest BCUT2D eigenvalue weighted by molar-refractivity contribution is -0.135. The van der Waals surface area contributed by atoms with Gasteiger partial charge in [0.1, 0.15) is 11.4 Å². The van der Waals surface area contributed by atoms with Crippen LogP contribution in [0.15, 0.2) is 36.4 Å². The predicted octanol–water partition coefficient (Wildman–Crippen LogP) is 0.717. The first-order valence-corrected chi connectivity index (χ1v) is 9.19. The molecule has 1 N–H and O–H groups in total. The van der Waals surface area contributed by atoms with Crippen LogP contribution in [0, 0.1) is 11.8 Å². The van der Waals surface area contributed by atoms with E-state index >= 15 is 0 Å². The van der Waals surface area contributed by atoms with E-state index in [0.717, 1.165) is 5.69 Å². The van der Waals surface area contributed by atoms with E-state index in [-0.39, 0.29) is 18.4 Å². The Balaban J connectivity index is 1.54. The molecule has 0 aliphatic carbocycles. The monoisotopic (exact) mass is 388 g/mol. The number of carbonyl (C=O) groups excluding carboxylic acids is 2. The van der Waals surface area contributed by atoms with E-state index in [9.17, 15) is 9.59 Å². The Labute approximate surface area is 163 Å². The molecule has 4 rings (SSSR count). The molecular formula is C20H24N2O6. The van der Waals surface area contributed by atoms with E-state index in [2.05, 4.69) is 5.32 Å². The number of nitrogens with one attached hydrogen (secondary N) is 1. The zero-order chi connectivity index (χ0) is 19.9. The van der Waals surface area contributed by atoms with Crippen molar-refractivity contribution in [3.8, 4) is 5.75 Å². The van der Waals surface area contributed by atoms with E-state index in [4.69, 9.17) is 18.9 Å². The lowest BCUT2D eigenvalue weighted by Gasteiger charge is -2.24. The van der Waals surface area contributed by atoms with Crippen molar-refractivity contribution >= 4 is 17.5 Å². The van der Waals surface area contributed by atoms with Gasteiger partial charge in [0.05, 0.1) is 38.1 Å². The molecule has 2 amide bonds. The first-order chi connectivity index (χ1) is 13.5. The number of methoxy groups -OCH3 is 3. The summed E-state index contributed by atoms with van der Waals surface area (Å²) in [5.74, 6) is -0.741. The second-order valence-corrected chi connectivity index (χ2v) is 7.17. The molecule has 0 aromatic heterocycles. The van der Waals surface area contributed by atoms with Crippen LogP contribution in [0.4, 0.5) is 5.69 Å². The highest BCUT2D eigenvalue weighted by molar-refractivity contribution is 6.03. The van der Waals surface area contributed by atoms with Gasteiger partial charge < -0.3 is 29.2 Å². The number of hydrogen-bond donors (Lipinski definition) is 1. The number of carbonyl (C=O) groups is 2. The van der Waals surface area contributed by atoms with E-state index in [1.54, 1.807) is 12.0 Å². The molecule has 4 atom stereocenters. The van der Waals surface area contributed by atoms with Crippen molar-refractivity contribution in [2.45, 2.75) is 18.0 Å². The number of nitrogens with zero attached hydrogens (tertiary/aromatic N) is 1. The standard InChI is InChI=1S/C20H24N2O6/c1-25-13-6-4-12(5-7-13)22-11-20-9-8-14(28-20)16(17(20)19(22)24)18(23)21-10-15(26-2)27-3/h4-9,14-17H,10-11H2,1-3H3,(H,21,23)/t14-,16?,17?,20-/m1/s1. The summed E-state index contributed by atoms with van der Waals surface area (Å²) >= 11 is 0. The van der Waals surface area contributed by atoms with E-state index in [1.807, 2.05) is 36.4 Å². The van der Waals surface area contributed by atoms with Crippen molar-refractivity contribution in [2.24, 2.45) is 11.8 Å². The maximum atomic E-state index is 13.2. The highest BCUT2D eigenvalue weighted by Crippen LogP contribution is 2.52. The predicted molar refractivity (Wildman–Crippen MR) is 99.9 cm³/mol. The summed E-state index contributed by atoms with van der Waals surface area (Å²) in [5, 5.41) is 2.82. The van der Waals surface area contributed by atoms with Gasteiger partial charge in [-0.3, -0.25) is 9.59 Å². The Morgan fingerprint density at radius 1 is 1.29 bits per heavy atom. The average molecular weight is 388 g/mol. The Kier molecular flexibility index (Phi) is 4.86. The topological polar surface area (TPSA) is 86.3 Å². The third-order valence-corrected chi connectivity index (χ3v) is 5.76. The number of rotatable bonds is 7. The maximum absolute atomic E-state index is 13.2. The third-order valence-electron chi connectivity index (χ3n) is 5.76. The van der Waals surface area contributed by atoms with E-state index in [1.165, 1.54) is 14.2 Å². The van der Waals surface area contributed by atoms with Crippen LogP contribution < -0.4 is 15.0 Å². The summed E-state index contributed by atoms with van der Waals surface area (Å²) in [6.07, 6.45) is 2.88. The fourth-order valence-electron chi connectivity index (χ4n) is 4.34. The van der Waals surface area contributed by atoms with Gasteiger partial charge in [0, 0.05) is 19.9 Å². The number of benzene rings is 1. The summed E-state index contributed by atoms with van der Waals surface area (Å²) in [6, 6.07) is 7.29. The van der Waals surface area contributed by atoms with Crippen molar-refractivity contribution in [3.63, 3.8) is 0 Å². The molecule has 8 heteroatoms. The van der Waals surface area contributed by atoms with Crippen LogP contribution in [-0.2, 0) is 23.8 Å². The first-order valence-electron chi connectivity index (χ1n) is 9.19. The van der Waals surface area contributed by atoms with Gasteiger partial charge in [0.25, 0.3) is 0 Å². The number of amides is 2. The summed E-state index contributed by atoms with van der Waals surface area (Å²) < 4.78 is 21.5. The van der Waals surface area contributed by atoms with Crippen molar-refractivity contribution < 1.29 is 28.5 Å². The van der Waals surface area contributed by atoms with Gasteiger partial charge in [-0.05, 0) is 24.3 Å². The van der Waals surface area contributed by atoms with Crippen molar-refractivity contribution in [1.29, 1.82) is 0 Å². The average Bonchev–Trinajstić information content (AvgIpc) is 3.37. The van der Waals surface area contributed by atoms with E-state index in [0.29, 0.717) is 12.3 Å². The molecule has 3 aliphatic heterocycles. The fraction of sp³-hybridized carbons (Fsp3) is 0.500. The molecule has 2 saturated heterocycles. The molecule has 1 aromatic carbocycles. The lowest BCUT2D eigenvalue weighted by atomic mass is 9.77. The van der Waals surface area contributed by atoms with Crippen LogP contribution in [-0.4, -0.2) is 64.2 Å². The Morgan fingerprint density at radius 3 is 2.64 bits per heavy atom. The normalized spacial score (nSPS) is 30.2. The maximum Gasteiger partial charge on any atom is 0.234 e.